The Morgan fingerprint density at radius 2 is 1.62 bits per heavy atom. The molecule has 7 heteroatoms. The second kappa shape index (κ2) is 5.38. The van der Waals surface area contributed by atoms with Crippen LogP contribution in [0.25, 0.3) is 0 Å². The summed E-state index contributed by atoms with van der Waals surface area (Å²) in [6, 6.07) is 7.34. The second-order valence-electron chi connectivity index (χ2n) is 5.51. The third kappa shape index (κ3) is 2.18. The van der Waals surface area contributed by atoms with Gasteiger partial charge < -0.3 is 10.2 Å². The van der Waals surface area contributed by atoms with Crippen LogP contribution in [0.3, 0.4) is 0 Å². The largest absolute Gasteiger partial charge is 0.507 e. The van der Waals surface area contributed by atoms with E-state index in [1.807, 2.05) is 0 Å². The molecule has 2 aromatic rings. The number of rotatable bonds is 2. The van der Waals surface area contributed by atoms with Crippen LogP contribution < -0.4 is 5.43 Å². The van der Waals surface area contributed by atoms with E-state index in [1.165, 1.54) is 24.3 Å². The van der Waals surface area contributed by atoms with E-state index in [4.69, 9.17) is 0 Å². The van der Waals surface area contributed by atoms with Crippen molar-refractivity contribution in [1.82, 2.24) is 10.4 Å². The highest BCUT2D eigenvalue weighted by Crippen LogP contribution is 2.34. The molecular weight excluding hydrogens is 312 g/mol. The van der Waals surface area contributed by atoms with Gasteiger partial charge in [0.1, 0.15) is 11.5 Å². The van der Waals surface area contributed by atoms with Gasteiger partial charge in [0, 0.05) is 0 Å². The van der Waals surface area contributed by atoms with Crippen molar-refractivity contribution in [2.75, 3.05) is 0 Å². The van der Waals surface area contributed by atoms with Gasteiger partial charge >= 0.3 is 0 Å². The third-order valence-corrected chi connectivity index (χ3v) is 3.88. The summed E-state index contributed by atoms with van der Waals surface area (Å²) < 4.78 is 0. The van der Waals surface area contributed by atoms with Crippen LogP contribution in [0.5, 0.6) is 11.5 Å². The molecule has 0 aliphatic carbocycles. The van der Waals surface area contributed by atoms with Crippen molar-refractivity contribution in [2.45, 2.75) is 13.8 Å². The lowest BCUT2D eigenvalue weighted by atomic mass is 9.99. The van der Waals surface area contributed by atoms with Crippen molar-refractivity contribution in [3.8, 4) is 11.5 Å². The summed E-state index contributed by atoms with van der Waals surface area (Å²) in [6.45, 7) is 3.26. The number of benzene rings is 2. The maximum absolute atomic E-state index is 12.5. The van der Waals surface area contributed by atoms with Crippen LogP contribution in [0.4, 0.5) is 0 Å². The molecule has 0 aromatic heterocycles. The molecule has 0 spiro atoms. The number of carbonyl (C=O) groups excluding carboxylic acids is 3. The van der Waals surface area contributed by atoms with Crippen LogP contribution >= 0.6 is 0 Å². The minimum atomic E-state index is -0.817. The molecule has 1 aliphatic heterocycles. The Bertz CT molecular complexity index is 904. The van der Waals surface area contributed by atoms with Gasteiger partial charge in [-0.15, -0.1) is 0 Å². The number of hydrazine groups is 1. The van der Waals surface area contributed by atoms with Gasteiger partial charge in [-0.25, -0.2) is 0 Å². The van der Waals surface area contributed by atoms with Gasteiger partial charge in [0.05, 0.1) is 16.7 Å². The summed E-state index contributed by atoms with van der Waals surface area (Å²) in [5.74, 6) is -2.92. The number of carbonyl (C=O) groups is 3. The lowest BCUT2D eigenvalue weighted by Crippen LogP contribution is -2.45. The Labute approximate surface area is 137 Å². The maximum atomic E-state index is 12.5. The van der Waals surface area contributed by atoms with Crippen molar-refractivity contribution in [2.24, 2.45) is 0 Å². The highest BCUT2D eigenvalue weighted by molar-refractivity contribution is 6.24. The number of hydrogen-bond acceptors (Lipinski definition) is 5. The molecule has 0 saturated heterocycles. The monoisotopic (exact) mass is 326 g/mol. The first-order chi connectivity index (χ1) is 11.3. The summed E-state index contributed by atoms with van der Waals surface area (Å²) in [5, 5.41) is 20.3. The molecule has 0 bridgehead atoms. The zero-order valence-electron chi connectivity index (χ0n) is 13.0. The first-order valence-electron chi connectivity index (χ1n) is 7.14. The smallest absolute Gasteiger partial charge is 0.284 e. The molecule has 3 N–H and O–H groups in total. The molecule has 0 saturated carbocycles. The zero-order chi connectivity index (χ0) is 17.6. The minimum Gasteiger partial charge on any atom is -0.507 e. The lowest BCUT2D eigenvalue weighted by molar-refractivity contribution is 0.0516. The highest BCUT2D eigenvalue weighted by Gasteiger charge is 2.41. The summed E-state index contributed by atoms with van der Waals surface area (Å²) >= 11 is 0. The average Bonchev–Trinajstić information content (AvgIpc) is 2.78. The van der Waals surface area contributed by atoms with Crippen LogP contribution in [-0.2, 0) is 0 Å². The number of nitrogens with zero attached hydrogens (tertiary/aromatic N) is 1. The van der Waals surface area contributed by atoms with E-state index in [0.29, 0.717) is 16.1 Å². The van der Waals surface area contributed by atoms with Crippen molar-refractivity contribution >= 4 is 17.7 Å². The van der Waals surface area contributed by atoms with Gasteiger partial charge in [-0.05, 0) is 37.1 Å². The molecule has 3 amide bonds. The molecule has 0 atom stereocenters. The number of nitrogens with one attached hydrogen (secondary N) is 1. The van der Waals surface area contributed by atoms with Crippen molar-refractivity contribution in [3.05, 3.63) is 58.1 Å². The van der Waals surface area contributed by atoms with E-state index < -0.39 is 17.7 Å². The molecule has 3 rings (SSSR count). The number of aryl methyl sites for hydroxylation is 2. The lowest BCUT2D eigenvalue weighted by Gasteiger charge is -2.15. The van der Waals surface area contributed by atoms with Gasteiger partial charge in [0.2, 0.25) is 0 Å². The molecule has 0 fully saturated rings. The Morgan fingerprint density at radius 1 is 1.00 bits per heavy atom. The second-order valence-corrected chi connectivity index (χ2v) is 5.51. The van der Waals surface area contributed by atoms with Gasteiger partial charge in [0.25, 0.3) is 17.7 Å². The third-order valence-electron chi connectivity index (χ3n) is 3.88. The first-order valence-corrected chi connectivity index (χ1v) is 7.14. The maximum Gasteiger partial charge on any atom is 0.284 e. The van der Waals surface area contributed by atoms with E-state index in [2.05, 4.69) is 5.43 Å². The molecule has 122 valence electrons. The van der Waals surface area contributed by atoms with Crippen molar-refractivity contribution in [1.29, 1.82) is 0 Å². The van der Waals surface area contributed by atoms with E-state index >= 15 is 0 Å². The van der Waals surface area contributed by atoms with E-state index in [9.17, 15) is 24.6 Å². The minimum absolute atomic E-state index is 0.0562. The normalized spacial score (nSPS) is 13.2. The average molecular weight is 326 g/mol. The van der Waals surface area contributed by atoms with Crippen LogP contribution in [0, 0.1) is 13.8 Å². The number of fused-ring (bicyclic) bond motifs is 1. The topological polar surface area (TPSA) is 107 Å². The molecule has 2 aromatic carbocycles. The molecule has 1 heterocycles. The SMILES string of the molecule is Cc1cc(C)c2c(c1O)C(=O)N(NC(=O)c1ccccc1O)C2=O. The molecule has 24 heavy (non-hydrogen) atoms. The molecule has 1 aliphatic rings. The fourth-order valence-corrected chi connectivity index (χ4v) is 2.71. The van der Waals surface area contributed by atoms with Crippen LogP contribution in [-0.4, -0.2) is 32.9 Å². The Kier molecular flexibility index (Phi) is 3.48. The predicted molar refractivity (Wildman–Crippen MR) is 83.7 cm³/mol. The number of hydrogen-bond donors (Lipinski definition) is 3. The summed E-state index contributed by atoms with van der Waals surface area (Å²) in [4.78, 5) is 37.1. The molecular formula is C17H14N2O5. The number of para-hydroxylation sites is 1. The van der Waals surface area contributed by atoms with Crippen LogP contribution in [0.15, 0.2) is 30.3 Å². The van der Waals surface area contributed by atoms with E-state index in [-0.39, 0.29) is 28.2 Å². The van der Waals surface area contributed by atoms with Crippen molar-refractivity contribution < 1.29 is 24.6 Å². The van der Waals surface area contributed by atoms with Gasteiger partial charge in [0.15, 0.2) is 0 Å². The number of phenols is 2. The molecule has 7 nitrogen and oxygen atoms in total. The fraction of sp³-hybridized carbons (Fsp3) is 0.118. The number of imide groups is 1. The number of aromatic hydroxyl groups is 2. The summed E-state index contributed by atoms with van der Waals surface area (Å²) in [7, 11) is 0. The number of phenolic OH excluding ortho intramolecular Hbond substituents is 2. The standard InChI is InChI=1S/C17H14N2O5/c1-8-7-9(2)14(21)13-12(8)16(23)19(17(13)24)18-15(22)10-5-3-4-6-11(10)20/h3-7,20-21H,1-2H3,(H,18,22). The predicted octanol–water partition coefficient (Wildman–Crippen LogP) is 1.66. The number of amides is 3. The Morgan fingerprint density at radius 3 is 2.29 bits per heavy atom. The summed E-state index contributed by atoms with van der Waals surface area (Å²) in [5.41, 5.74) is 3.02. The quantitative estimate of drug-likeness (QED) is 0.728. The summed E-state index contributed by atoms with van der Waals surface area (Å²) in [6.07, 6.45) is 0. The molecule has 0 unspecified atom stereocenters. The van der Waals surface area contributed by atoms with Gasteiger partial charge in [-0.1, -0.05) is 18.2 Å². The van der Waals surface area contributed by atoms with E-state index in [0.717, 1.165) is 0 Å². The van der Waals surface area contributed by atoms with Gasteiger partial charge in [-0.3, -0.25) is 19.8 Å². The first kappa shape index (κ1) is 15.5. The Hall–Kier alpha value is -3.35. The van der Waals surface area contributed by atoms with Crippen LogP contribution in [0.2, 0.25) is 0 Å². The van der Waals surface area contributed by atoms with Gasteiger partial charge in [-0.2, -0.15) is 5.01 Å². The fourth-order valence-electron chi connectivity index (χ4n) is 2.71. The molecule has 0 radical (unpaired) electrons. The zero-order valence-corrected chi connectivity index (χ0v) is 13.0. The van der Waals surface area contributed by atoms with Crippen LogP contribution in [0.1, 0.15) is 42.2 Å². The Balaban J connectivity index is 1.98. The van der Waals surface area contributed by atoms with Crippen molar-refractivity contribution in [3.63, 3.8) is 0 Å². The van der Waals surface area contributed by atoms with E-state index in [1.54, 1.807) is 19.9 Å². The highest BCUT2D eigenvalue weighted by atomic mass is 16.3.